The molecule has 1 aliphatic carbocycles. The van der Waals surface area contributed by atoms with Gasteiger partial charge in [-0.1, -0.05) is 49.6 Å². The van der Waals surface area contributed by atoms with Crippen LogP contribution in [-0.4, -0.2) is 12.0 Å². The quantitative estimate of drug-likeness (QED) is 0.817. The summed E-state index contributed by atoms with van der Waals surface area (Å²) in [5.41, 5.74) is 4.32. The molecule has 2 rings (SSSR count). The Morgan fingerprint density at radius 2 is 1.50 bits per heavy atom. The lowest BCUT2D eigenvalue weighted by Crippen LogP contribution is -2.60. The summed E-state index contributed by atoms with van der Waals surface area (Å²) in [4.78, 5) is 10.1. The van der Waals surface area contributed by atoms with Crippen LogP contribution in [0.3, 0.4) is 0 Å². The third-order valence-corrected chi connectivity index (χ3v) is 3.23. The summed E-state index contributed by atoms with van der Waals surface area (Å²) in [6.07, 6.45) is 9.97. The Kier molecular flexibility index (Phi) is 7.11. The van der Waals surface area contributed by atoms with Gasteiger partial charge in [0.15, 0.2) is 0 Å². The molecule has 0 spiro atoms. The lowest BCUT2D eigenvalue weighted by molar-refractivity contribution is -0.423. The van der Waals surface area contributed by atoms with Gasteiger partial charge < -0.3 is 15.6 Å². The summed E-state index contributed by atoms with van der Waals surface area (Å²) in [6.45, 7) is 0. The standard InChI is InChI=1S/C8H17N.C7H6O2/c9-8-6-4-2-1-3-5-7-8;8-7(9)6-4-2-1-3-5-6/h8H,1-7,9H2;1-5H,(H,8,9). The first kappa shape index (κ1) is 14.7. The lowest BCUT2D eigenvalue weighted by atomic mass is 9.98. The summed E-state index contributed by atoms with van der Waals surface area (Å²) >= 11 is 0. The number of quaternary nitrogens is 1. The molecule has 0 saturated heterocycles. The van der Waals surface area contributed by atoms with E-state index in [1.165, 1.54) is 57.1 Å². The van der Waals surface area contributed by atoms with E-state index in [0.717, 1.165) is 6.04 Å². The molecular formula is C15H23NO2. The van der Waals surface area contributed by atoms with Crippen LogP contribution in [0.2, 0.25) is 0 Å². The van der Waals surface area contributed by atoms with E-state index in [9.17, 15) is 9.90 Å². The van der Waals surface area contributed by atoms with Crippen molar-refractivity contribution in [3.63, 3.8) is 0 Å². The zero-order chi connectivity index (χ0) is 13.2. The Morgan fingerprint density at radius 1 is 1.00 bits per heavy atom. The number of carboxylic acids is 1. The fourth-order valence-corrected chi connectivity index (χ4v) is 2.11. The Hall–Kier alpha value is -1.35. The molecule has 1 saturated carbocycles. The molecule has 18 heavy (non-hydrogen) atoms. The van der Waals surface area contributed by atoms with Crippen molar-refractivity contribution in [1.82, 2.24) is 0 Å². The molecule has 1 fully saturated rings. The first-order valence-electron chi connectivity index (χ1n) is 6.79. The van der Waals surface area contributed by atoms with Crippen molar-refractivity contribution >= 4 is 5.97 Å². The van der Waals surface area contributed by atoms with Gasteiger partial charge in [0.1, 0.15) is 0 Å². The summed E-state index contributed by atoms with van der Waals surface area (Å²) < 4.78 is 0. The predicted molar refractivity (Wildman–Crippen MR) is 69.8 cm³/mol. The van der Waals surface area contributed by atoms with Crippen LogP contribution in [0.5, 0.6) is 0 Å². The van der Waals surface area contributed by atoms with E-state index in [2.05, 4.69) is 5.73 Å². The molecule has 0 radical (unpaired) electrons. The third kappa shape index (κ3) is 6.40. The largest absolute Gasteiger partial charge is 0.545 e. The molecule has 3 nitrogen and oxygen atoms in total. The minimum absolute atomic E-state index is 0.220. The number of benzene rings is 1. The second kappa shape index (κ2) is 8.70. The highest BCUT2D eigenvalue weighted by atomic mass is 16.4. The number of carbonyl (C=O) groups is 1. The molecule has 1 aromatic rings. The van der Waals surface area contributed by atoms with E-state index < -0.39 is 5.97 Å². The number of aromatic carboxylic acids is 1. The maximum absolute atomic E-state index is 10.1. The van der Waals surface area contributed by atoms with Crippen LogP contribution in [0.25, 0.3) is 0 Å². The average molecular weight is 249 g/mol. The van der Waals surface area contributed by atoms with Crippen molar-refractivity contribution in [3.8, 4) is 0 Å². The molecule has 0 aliphatic heterocycles. The molecule has 0 atom stereocenters. The first-order chi connectivity index (χ1) is 8.70. The highest BCUT2D eigenvalue weighted by molar-refractivity contribution is 5.85. The van der Waals surface area contributed by atoms with E-state index in [0.29, 0.717) is 0 Å². The summed E-state index contributed by atoms with van der Waals surface area (Å²) in [5.74, 6) is -1.13. The van der Waals surface area contributed by atoms with Gasteiger partial charge in [-0.15, -0.1) is 0 Å². The van der Waals surface area contributed by atoms with Gasteiger partial charge in [0, 0.05) is 0 Å². The Balaban J connectivity index is 0.000000180. The van der Waals surface area contributed by atoms with E-state index in [1.54, 1.807) is 18.2 Å². The SMILES string of the molecule is O=C([O-])c1ccccc1.[NH3+]C1CCCCCCC1. The van der Waals surface area contributed by atoms with Gasteiger partial charge in [-0.05, 0) is 31.2 Å². The Labute approximate surface area is 109 Å². The maximum Gasteiger partial charge on any atom is 0.0843 e. The van der Waals surface area contributed by atoms with Crippen LogP contribution < -0.4 is 10.8 Å². The number of hydrogen-bond donors (Lipinski definition) is 1. The fourth-order valence-electron chi connectivity index (χ4n) is 2.11. The van der Waals surface area contributed by atoms with Gasteiger partial charge in [-0.3, -0.25) is 0 Å². The topological polar surface area (TPSA) is 67.8 Å². The van der Waals surface area contributed by atoms with Crippen molar-refractivity contribution < 1.29 is 15.6 Å². The minimum atomic E-state index is -1.13. The molecular weight excluding hydrogens is 226 g/mol. The molecule has 0 bridgehead atoms. The van der Waals surface area contributed by atoms with E-state index in [4.69, 9.17) is 0 Å². The van der Waals surface area contributed by atoms with Crippen molar-refractivity contribution in [1.29, 1.82) is 0 Å². The zero-order valence-corrected chi connectivity index (χ0v) is 10.9. The number of carboxylic acid groups (broad SMARTS) is 1. The molecule has 0 aromatic heterocycles. The molecule has 0 heterocycles. The average Bonchev–Trinajstić information content (AvgIpc) is 2.36. The normalized spacial score (nSPS) is 16.9. The monoisotopic (exact) mass is 249 g/mol. The zero-order valence-electron chi connectivity index (χ0n) is 10.9. The van der Waals surface area contributed by atoms with E-state index >= 15 is 0 Å². The molecule has 3 heteroatoms. The van der Waals surface area contributed by atoms with Crippen LogP contribution in [0, 0.1) is 0 Å². The first-order valence-corrected chi connectivity index (χ1v) is 6.79. The van der Waals surface area contributed by atoms with Gasteiger partial charge >= 0.3 is 0 Å². The van der Waals surface area contributed by atoms with Crippen LogP contribution >= 0.6 is 0 Å². The van der Waals surface area contributed by atoms with Crippen molar-refractivity contribution in [2.45, 2.75) is 51.0 Å². The van der Waals surface area contributed by atoms with Crippen LogP contribution in [-0.2, 0) is 0 Å². The van der Waals surface area contributed by atoms with Gasteiger partial charge in [-0.2, -0.15) is 0 Å². The van der Waals surface area contributed by atoms with Crippen molar-refractivity contribution in [2.24, 2.45) is 0 Å². The van der Waals surface area contributed by atoms with Gasteiger partial charge in [0.2, 0.25) is 0 Å². The molecule has 0 unspecified atom stereocenters. The van der Waals surface area contributed by atoms with Crippen LogP contribution in [0.1, 0.15) is 55.3 Å². The smallest absolute Gasteiger partial charge is 0.0843 e. The van der Waals surface area contributed by atoms with E-state index in [-0.39, 0.29) is 5.56 Å². The molecule has 100 valence electrons. The van der Waals surface area contributed by atoms with Crippen LogP contribution in [0.4, 0.5) is 0 Å². The molecule has 1 aliphatic rings. The number of hydrogen-bond acceptors (Lipinski definition) is 2. The summed E-state index contributed by atoms with van der Waals surface area (Å²) in [7, 11) is 0. The lowest BCUT2D eigenvalue weighted by Gasteiger charge is -2.11. The molecule has 0 amide bonds. The molecule has 1 aromatic carbocycles. The van der Waals surface area contributed by atoms with Gasteiger partial charge in [0.05, 0.1) is 12.0 Å². The molecule has 3 N–H and O–H groups in total. The fraction of sp³-hybridized carbons (Fsp3) is 0.533. The summed E-state index contributed by atoms with van der Waals surface area (Å²) in [6, 6.07) is 8.83. The third-order valence-electron chi connectivity index (χ3n) is 3.23. The van der Waals surface area contributed by atoms with E-state index in [1.807, 2.05) is 0 Å². The minimum Gasteiger partial charge on any atom is -0.545 e. The Morgan fingerprint density at radius 3 is 1.94 bits per heavy atom. The Bertz CT molecular complexity index is 330. The van der Waals surface area contributed by atoms with Crippen molar-refractivity contribution in [2.75, 3.05) is 0 Å². The second-order valence-corrected chi connectivity index (χ2v) is 4.86. The highest BCUT2D eigenvalue weighted by Gasteiger charge is 2.07. The van der Waals surface area contributed by atoms with Gasteiger partial charge in [-0.25, -0.2) is 0 Å². The summed E-state index contributed by atoms with van der Waals surface area (Å²) in [5, 5.41) is 10.1. The van der Waals surface area contributed by atoms with Gasteiger partial charge in [0.25, 0.3) is 0 Å². The predicted octanol–water partition coefficient (Wildman–Crippen LogP) is 1.39. The number of carbonyl (C=O) groups excluding carboxylic acids is 1. The maximum atomic E-state index is 10.1. The van der Waals surface area contributed by atoms with Crippen LogP contribution in [0.15, 0.2) is 30.3 Å². The second-order valence-electron chi connectivity index (χ2n) is 4.86. The highest BCUT2D eigenvalue weighted by Crippen LogP contribution is 2.14. The number of rotatable bonds is 1. The van der Waals surface area contributed by atoms with Crippen molar-refractivity contribution in [3.05, 3.63) is 35.9 Å².